The first-order chi connectivity index (χ1) is 7.70. The van der Waals surface area contributed by atoms with Crippen molar-refractivity contribution in [2.45, 2.75) is 46.6 Å². The number of hydrazine groups is 1. The predicted molar refractivity (Wildman–Crippen MR) is 72.8 cm³/mol. The summed E-state index contributed by atoms with van der Waals surface area (Å²) in [6, 6.07) is 0. The number of ether oxygens (including phenoxy) is 1. The van der Waals surface area contributed by atoms with Gasteiger partial charge in [-0.2, -0.15) is 0 Å². The van der Waals surface area contributed by atoms with Crippen LogP contribution in [0.2, 0.25) is 0 Å². The fourth-order valence-corrected chi connectivity index (χ4v) is 2.06. The Kier molecular flexibility index (Phi) is 6.49. The molecule has 0 aromatic rings. The first-order valence-corrected chi connectivity index (χ1v) is 5.98. The molecular weight excluding hydrogens is 216 g/mol. The molecule has 0 aliphatic carbocycles. The molecule has 5 heteroatoms. The minimum Gasteiger partial charge on any atom is -0.383 e. The molecule has 0 amide bonds. The molecule has 0 spiro atoms. The van der Waals surface area contributed by atoms with Crippen LogP contribution in [0.15, 0.2) is 4.99 Å². The SMILES string of the molecule is COCCN=C(NN)NC(C)(C)CC(C)(C)C. The van der Waals surface area contributed by atoms with Gasteiger partial charge in [0.1, 0.15) is 0 Å². The number of methoxy groups -OCH3 is 1. The van der Waals surface area contributed by atoms with E-state index in [2.05, 4.69) is 50.4 Å². The maximum absolute atomic E-state index is 5.44. The van der Waals surface area contributed by atoms with E-state index >= 15 is 0 Å². The molecular formula is C12H28N4O. The van der Waals surface area contributed by atoms with Crippen molar-refractivity contribution in [2.75, 3.05) is 20.3 Å². The van der Waals surface area contributed by atoms with Gasteiger partial charge in [-0.25, -0.2) is 10.8 Å². The van der Waals surface area contributed by atoms with E-state index in [1.54, 1.807) is 7.11 Å². The van der Waals surface area contributed by atoms with Gasteiger partial charge in [-0.1, -0.05) is 20.8 Å². The van der Waals surface area contributed by atoms with E-state index in [-0.39, 0.29) is 11.0 Å². The van der Waals surface area contributed by atoms with Crippen molar-refractivity contribution in [3.05, 3.63) is 0 Å². The molecule has 102 valence electrons. The van der Waals surface area contributed by atoms with Gasteiger partial charge < -0.3 is 10.1 Å². The highest BCUT2D eigenvalue weighted by atomic mass is 16.5. The molecule has 0 bridgehead atoms. The number of rotatable bonds is 5. The molecule has 17 heavy (non-hydrogen) atoms. The number of nitrogens with one attached hydrogen (secondary N) is 2. The lowest BCUT2D eigenvalue weighted by Gasteiger charge is -2.34. The normalized spacial score (nSPS) is 13.7. The quantitative estimate of drug-likeness (QED) is 0.224. The highest BCUT2D eigenvalue weighted by molar-refractivity contribution is 5.79. The number of nitrogens with zero attached hydrogens (tertiary/aromatic N) is 1. The summed E-state index contributed by atoms with van der Waals surface area (Å²) in [5.41, 5.74) is 2.78. The molecule has 0 saturated heterocycles. The number of hydrogen-bond donors (Lipinski definition) is 3. The van der Waals surface area contributed by atoms with Crippen LogP contribution in [0, 0.1) is 5.41 Å². The molecule has 0 atom stereocenters. The summed E-state index contributed by atoms with van der Waals surface area (Å²) in [4.78, 5) is 4.29. The van der Waals surface area contributed by atoms with Crippen molar-refractivity contribution >= 4 is 5.96 Å². The van der Waals surface area contributed by atoms with Gasteiger partial charge in [-0.3, -0.25) is 5.43 Å². The molecule has 0 saturated carbocycles. The average Bonchev–Trinajstić information content (AvgIpc) is 2.12. The Morgan fingerprint density at radius 2 is 1.82 bits per heavy atom. The molecule has 0 radical (unpaired) electrons. The Balaban J connectivity index is 4.39. The lowest BCUT2D eigenvalue weighted by Crippen LogP contribution is -2.52. The summed E-state index contributed by atoms with van der Waals surface area (Å²) in [6.45, 7) is 12.1. The minimum atomic E-state index is -0.0590. The molecule has 0 unspecified atom stereocenters. The van der Waals surface area contributed by atoms with Crippen molar-refractivity contribution in [2.24, 2.45) is 16.3 Å². The van der Waals surface area contributed by atoms with Crippen molar-refractivity contribution in [3.8, 4) is 0 Å². The van der Waals surface area contributed by atoms with Crippen LogP contribution in [0.4, 0.5) is 0 Å². The van der Waals surface area contributed by atoms with Crippen LogP contribution in [0.25, 0.3) is 0 Å². The van der Waals surface area contributed by atoms with Crippen molar-refractivity contribution < 1.29 is 4.74 Å². The highest BCUT2D eigenvalue weighted by Gasteiger charge is 2.26. The zero-order valence-electron chi connectivity index (χ0n) is 12.1. The van der Waals surface area contributed by atoms with Gasteiger partial charge in [0.15, 0.2) is 0 Å². The number of aliphatic imine (C=N–C) groups is 1. The summed E-state index contributed by atoms with van der Waals surface area (Å²) in [5.74, 6) is 6.05. The Morgan fingerprint density at radius 1 is 1.24 bits per heavy atom. The molecule has 4 N–H and O–H groups in total. The zero-order chi connectivity index (χ0) is 13.5. The van der Waals surface area contributed by atoms with Crippen LogP contribution in [0.3, 0.4) is 0 Å². The van der Waals surface area contributed by atoms with E-state index in [0.717, 1.165) is 6.42 Å². The van der Waals surface area contributed by atoms with Gasteiger partial charge in [0, 0.05) is 12.6 Å². The second-order valence-electron chi connectivity index (χ2n) is 6.11. The zero-order valence-corrected chi connectivity index (χ0v) is 12.1. The Bertz CT molecular complexity index is 243. The second-order valence-corrected chi connectivity index (χ2v) is 6.11. The van der Waals surface area contributed by atoms with Crippen LogP contribution in [-0.2, 0) is 4.74 Å². The minimum absolute atomic E-state index is 0.0590. The standard InChI is InChI=1S/C12H28N4O/c1-11(2,3)9-12(4,5)15-10(16-13)14-7-8-17-6/h7-9,13H2,1-6H3,(H2,14,15,16). The van der Waals surface area contributed by atoms with Crippen LogP contribution in [0.1, 0.15) is 41.0 Å². The van der Waals surface area contributed by atoms with Crippen LogP contribution in [0.5, 0.6) is 0 Å². The van der Waals surface area contributed by atoms with Gasteiger partial charge in [-0.05, 0) is 25.7 Å². The van der Waals surface area contributed by atoms with Gasteiger partial charge in [0.05, 0.1) is 13.2 Å². The third-order valence-electron chi connectivity index (χ3n) is 2.13. The van der Waals surface area contributed by atoms with Crippen LogP contribution < -0.4 is 16.6 Å². The Hall–Kier alpha value is -0.810. The molecule has 0 aromatic heterocycles. The molecule has 5 nitrogen and oxygen atoms in total. The molecule has 0 rings (SSSR count). The van der Waals surface area contributed by atoms with E-state index in [1.807, 2.05) is 0 Å². The predicted octanol–water partition coefficient (Wildman–Crippen LogP) is 1.26. The fourth-order valence-electron chi connectivity index (χ4n) is 2.06. The smallest absolute Gasteiger partial charge is 0.206 e. The van der Waals surface area contributed by atoms with Crippen molar-refractivity contribution in [1.82, 2.24) is 10.7 Å². The lowest BCUT2D eigenvalue weighted by molar-refractivity contribution is 0.207. The third-order valence-corrected chi connectivity index (χ3v) is 2.13. The topological polar surface area (TPSA) is 71.7 Å². The summed E-state index contributed by atoms with van der Waals surface area (Å²) in [7, 11) is 1.65. The third kappa shape index (κ3) is 8.94. The molecule has 0 aliphatic heterocycles. The second kappa shape index (κ2) is 6.81. The van der Waals surface area contributed by atoms with E-state index in [9.17, 15) is 0 Å². The van der Waals surface area contributed by atoms with E-state index in [1.165, 1.54) is 0 Å². The molecule has 0 aliphatic rings. The summed E-state index contributed by atoms with van der Waals surface area (Å²) < 4.78 is 4.94. The van der Waals surface area contributed by atoms with Gasteiger partial charge in [-0.15, -0.1) is 0 Å². The van der Waals surface area contributed by atoms with Crippen molar-refractivity contribution in [1.29, 1.82) is 0 Å². The summed E-state index contributed by atoms with van der Waals surface area (Å²) >= 11 is 0. The van der Waals surface area contributed by atoms with Crippen LogP contribution in [-0.4, -0.2) is 31.8 Å². The maximum Gasteiger partial charge on any atom is 0.206 e. The van der Waals surface area contributed by atoms with Gasteiger partial charge in [0.25, 0.3) is 0 Å². The first-order valence-electron chi connectivity index (χ1n) is 5.98. The van der Waals surface area contributed by atoms with E-state index < -0.39 is 0 Å². The summed E-state index contributed by atoms with van der Waals surface area (Å²) in [6.07, 6.45) is 1.02. The highest BCUT2D eigenvalue weighted by Crippen LogP contribution is 2.26. The number of nitrogens with two attached hydrogens (primary N) is 1. The monoisotopic (exact) mass is 244 g/mol. The van der Waals surface area contributed by atoms with Gasteiger partial charge >= 0.3 is 0 Å². The molecule has 0 heterocycles. The maximum atomic E-state index is 5.44. The van der Waals surface area contributed by atoms with E-state index in [4.69, 9.17) is 10.6 Å². The van der Waals surface area contributed by atoms with E-state index in [0.29, 0.717) is 19.1 Å². The van der Waals surface area contributed by atoms with Crippen LogP contribution >= 0.6 is 0 Å². The summed E-state index contributed by atoms with van der Waals surface area (Å²) in [5, 5.41) is 3.32. The number of guanidine groups is 1. The molecule has 0 aromatic carbocycles. The molecule has 0 fully saturated rings. The lowest BCUT2D eigenvalue weighted by atomic mass is 9.82. The fraction of sp³-hybridized carbons (Fsp3) is 0.917. The Labute approximate surface area is 105 Å². The van der Waals surface area contributed by atoms with Crippen molar-refractivity contribution in [3.63, 3.8) is 0 Å². The average molecular weight is 244 g/mol. The number of hydrogen-bond acceptors (Lipinski definition) is 3. The van der Waals surface area contributed by atoms with Gasteiger partial charge in [0.2, 0.25) is 5.96 Å². The Morgan fingerprint density at radius 3 is 2.24 bits per heavy atom. The largest absolute Gasteiger partial charge is 0.383 e. The first kappa shape index (κ1) is 16.2.